The van der Waals surface area contributed by atoms with Crippen molar-refractivity contribution < 1.29 is 14.0 Å². The van der Waals surface area contributed by atoms with Crippen molar-refractivity contribution in [1.82, 2.24) is 14.9 Å². The summed E-state index contributed by atoms with van der Waals surface area (Å²) in [6.45, 7) is 2.69. The number of para-hydroxylation sites is 1. The fourth-order valence-electron chi connectivity index (χ4n) is 2.90. The van der Waals surface area contributed by atoms with Crippen LogP contribution in [0.25, 0.3) is 0 Å². The van der Waals surface area contributed by atoms with E-state index in [0.717, 1.165) is 0 Å². The lowest BCUT2D eigenvalue weighted by atomic mass is 10.1. The van der Waals surface area contributed by atoms with Crippen molar-refractivity contribution in [2.24, 2.45) is 5.92 Å². The van der Waals surface area contributed by atoms with Crippen molar-refractivity contribution >= 4 is 17.5 Å². The highest BCUT2D eigenvalue weighted by Gasteiger charge is 2.36. The van der Waals surface area contributed by atoms with Crippen LogP contribution < -0.4 is 10.2 Å². The van der Waals surface area contributed by atoms with Crippen LogP contribution in [0.4, 0.5) is 10.1 Å². The highest BCUT2D eigenvalue weighted by molar-refractivity contribution is 6.00. The molecule has 2 atom stereocenters. The summed E-state index contributed by atoms with van der Waals surface area (Å²) in [6.07, 6.45) is 5.28. The fourth-order valence-corrected chi connectivity index (χ4v) is 2.90. The van der Waals surface area contributed by atoms with E-state index in [-0.39, 0.29) is 36.5 Å². The van der Waals surface area contributed by atoms with Gasteiger partial charge in [-0.25, -0.2) is 9.37 Å². The summed E-state index contributed by atoms with van der Waals surface area (Å²) in [4.78, 5) is 29.8. The minimum Gasteiger partial charge on any atom is -0.352 e. The molecule has 1 aliphatic rings. The Morgan fingerprint density at radius 1 is 1.46 bits per heavy atom. The van der Waals surface area contributed by atoms with Gasteiger partial charge >= 0.3 is 0 Å². The highest BCUT2D eigenvalue weighted by Crippen LogP contribution is 2.27. The molecule has 0 bridgehead atoms. The number of carbonyl (C=O) groups excluding carboxylic acids is 2. The van der Waals surface area contributed by atoms with Gasteiger partial charge in [-0.1, -0.05) is 12.1 Å². The number of hydrogen-bond donors (Lipinski definition) is 1. The summed E-state index contributed by atoms with van der Waals surface area (Å²) in [5.41, 5.74) is 0.226. The van der Waals surface area contributed by atoms with Crippen LogP contribution in [0.1, 0.15) is 13.3 Å². The van der Waals surface area contributed by atoms with Crippen LogP contribution in [0.2, 0.25) is 0 Å². The second kappa shape index (κ2) is 6.82. The molecule has 2 heterocycles. The Morgan fingerprint density at radius 3 is 2.96 bits per heavy atom. The minimum atomic E-state index is -0.470. The predicted molar refractivity (Wildman–Crippen MR) is 86.7 cm³/mol. The second-order valence-electron chi connectivity index (χ2n) is 6.03. The van der Waals surface area contributed by atoms with Crippen LogP contribution in [0.3, 0.4) is 0 Å². The Labute approximate surface area is 139 Å². The topological polar surface area (TPSA) is 67.2 Å². The van der Waals surface area contributed by atoms with Crippen molar-refractivity contribution in [2.45, 2.75) is 25.9 Å². The number of aromatic nitrogens is 2. The molecule has 1 aromatic heterocycles. The molecule has 2 aromatic rings. The molecule has 24 heavy (non-hydrogen) atoms. The van der Waals surface area contributed by atoms with E-state index >= 15 is 0 Å². The third-order valence-electron chi connectivity index (χ3n) is 4.07. The molecule has 0 aliphatic carbocycles. The quantitative estimate of drug-likeness (QED) is 0.905. The van der Waals surface area contributed by atoms with Gasteiger partial charge in [0.25, 0.3) is 0 Å². The first kappa shape index (κ1) is 16.2. The van der Waals surface area contributed by atoms with Crippen LogP contribution in [0, 0.1) is 11.7 Å². The van der Waals surface area contributed by atoms with Crippen LogP contribution in [-0.2, 0) is 16.1 Å². The number of benzene rings is 1. The summed E-state index contributed by atoms with van der Waals surface area (Å²) < 4.78 is 15.7. The lowest BCUT2D eigenvalue weighted by molar-refractivity contribution is -0.126. The molecule has 3 rings (SSSR count). The molecule has 0 spiro atoms. The summed E-state index contributed by atoms with van der Waals surface area (Å²) >= 11 is 0. The van der Waals surface area contributed by atoms with Gasteiger partial charge in [-0.2, -0.15) is 0 Å². The lowest BCUT2D eigenvalue weighted by Gasteiger charge is -2.19. The van der Waals surface area contributed by atoms with E-state index in [0.29, 0.717) is 6.54 Å². The molecule has 2 amide bonds. The Morgan fingerprint density at radius 2 is 2.25 bits per heavy atom. The zero-order valence-corrected chi connectivity index (χ0v) is 13.4. The molecule has 1 aromatic carbocycles. The summed E-state index contributed by atoms with van der Waals surface area (Å²) in [5.74, 6) is -1.35. The van der Waals surface area contributed by atoms with Gasteiger partial charge in [-0.05, 0) is 19.1 Å². The Balaban J connectivity index is 1.61. The average molecular weight is 330 g/mol. The molecular formula is C17H19FN4O2. The van der Waals surface area contributed by atoms with Crippen molar-refractivity contribution in [3.05, 3.63) is 48.8 Å². The summed E-state index contributed by atoms with van der Waals surface area (Å²) in [6, 6.07) is 6.01. The van der Waals surface area contributed by atoms with Crippen LogP contribution in [-0.4, -0.2) is 34.0 Å². The number of imidazole rings is 1. The fraction of sp³-hybridized carbons (Fsp3) is 0.353. The predicted octanol–water partition coefficient (Wildman–Crippen LogP) is 1.58. The van der Waals surface area contributed by atoms with E-state index in [2.05, 4.69) is 10.3 Å². The normalized spacial score (nSPS) is 18.7. The lowest BCUT2D eigenvalue weighted by Crippen LogP contribution is -2.40. The Kier molecular flexibility index (Phi) is 4.59. The SMILES string of the molecule is C[C@H](Cn1ccnc1)NC(=O)[C@@H]1CC(=O)N(c2ccccc2F)C1. The molecule has 0 radical (unpaired) electrons. The van der Waals surface area contributed by atoms with Gasteiger partial charge in [0.15, 0.2) is 0 Å². The maximum atomic E-state index is 13.9. The number of halogens is 1. The summed E-state index contributed by atoms with van der Waals surface area (Å²) in [5, 5.41) is 2.91. The molecule has 1 fully saturated rings. The molecule has 7 heteroatoms. The molecule has 0 unspecified atom stereocenters. The van der Waals surface area contributed by atoms with E-state index in [1.54, 1.807) is 30.7 Å². The van der Waals surface area contributed by atoms with Crippen molar-refractivity contribution in [1.29, 1.82) is 0 Å². The zero-order valence-electron chi connectivity index (χ0n) is 13.4. The van der Waals surface area contributed by atoms with Gasteiger partial charge in [0.2, 0.25) is 11.8 Å². The monoisotopic (exact) mass is 330 g/mol. The molecule has 0 saturated carbocycles. The molecule has 1 N–H and O–H groups in total. The van der Waals surface area contributed by atoms with Gasteiger partial charge in [-0.15, -0.1) is 0 Å². The summed E-state index contributed by atoms with van der Waals surface area (Å²) in [7, 11) is 0. The van der Waals surface area contributed by atoms with Crippen molar-refractivity contribution in [3.63, 3.8) is 0 Å². The number of nitrogens with one attached hydrogen (secondary N) is 1. The first-order valence-electron chi connectivity index (χ1n) is 7.85. The van der Waals surface area contributed by atoms with Crippen LogP contribution in [0.15, 0.2) is 43.0 Å². The first-order valence-corrected chi connectivity index (χ1v) is 7.85. The van der Waals surface area contributed by atoms with E-state index in [1.807, 2.05) is 17.7 Å². The largest absolute Gasteiger partial charge is 0.352 e. The van der Waals surface area contributed by atoms with E-state index < -0.39 is 11.7 Å². The van der Waals surface area contributed by atoms with Crippen molar-refractivity contribution in [3.8, 4) is 0 Å². The average Bonchev–Trinajstić information content (AvgIpc) is 3.17. The Hall–Kier alpha value is -2.70. The number of anilines is 1. The maximum absolute atomic E-state index is 13.9. The molecule has 6 nitrogen and oxygen atoms in total. The zero-order chi connectivity index (χ0) is 17.1. The van der Waals surface area contributed by atoms with E-state index in [9.17, 15) is 14.0 Å². The number of hydrogen-bond acceptors (Lipinski definition) is 3. The number of nitrogens with zero attached hydrogens (tertiary/aromatic N) is 3. The van der Waals surface area contributed by atoms with Crippen LogP contribution in [0.5, 0.6) is 0 Å². The third-order valence-corrected chi connectivity index (χ3v) is 4.07. The molecule has 1 saturated heterocycles. The van der Waals surface area contributed by atoms with E-state index in [1.165, 1.54) is 11.0 Å². The maximum Gasteiger partial charge on any atom is 0.227 e. The minimum absolute atomic E-state index is 0.0932. The smallest absolute Gasteiger partial charge is 0.227 e. The molecule has 1 aliphatic heterocycles. The second-order valence-corrected chi connectivity index (χ2v) is 6.03. The van der Waals surface area contributed by atoms with E-state index in [4.69, 9.17) is 0 Å². The number of rotatable bonds is 5. The Bertz CT molecular complexity index is 732. The first-order chi connectivity index (χ1) is 11.5. The standard InChI is InChI=1S/C17H19FN4O2/c1-12(9-21-7-6-19-11-21)20-17(24)13-8-16(23)22(10-13)15-5-3-2-4-14(15)18/h2-7,11-13H,8-10H2,1H3,(H,20,24)/t12-,13-/m1/s1. The van der Waals surface area contributed by atoms with Gasteiger partial charge < -0.3 is 14.8 Å². The van der Waals surface area contributed by atoms with Crippen molar-refractivity contribution in [2.75, 3.05) is 11.4 Å². The number of carbonyl (C=O) groups is 2. The van der Waals surface area contributed by atoms with Crippen LogP contribution >= 0.6 is 0 Å². The highest BCUT2D eigenvalue weighted by atomic mass is 19.1. The third kappa shape index (κ3) is 3.45. The molecular weight excluding hydrogens is 311 g/mol. The van der Waals surface area contributed by atoms with Gasteiger partial charge in [0, 0.05) is 37.9 Å². The van der Waals surface area contributed by atoms with Gasteiger partial charge in [-0.3, -0.25) is 9.59 Å². The van der Waals surface area contributed by atoms with Gasteiger partial charge in [0.05, 0.1) is 17.9 Å². The number of amides is 2. The van der Waals surface area contributed by atoms with Gasteiger partial charge in [0.1, 0.15) is 5.82 Å². The molecule has 126 valence electrons.